The summed E-state index contributed by atoms with van der Waals surface area (Å²) in [6.45, 7) is 6.92. The number of hydrogen-bond donors (Lipinski definition) is 0. The van der Waals surface area contributed by atoms with Crippen molar-refractivity contribution in [1.29, 1.82) is 0 Å². The lowest BCUT2D eigenvalue weighted by Gasteiger charge is -2.48. The fourth-order valence-electron chi connectivity index (χ4n) is 5.63. The maximum atomic E-state index is 12.7. The highest BCUT2D eigenvalue weighted by Crippen LogP contribution is 2.35. The van der Waals surface area contributed by atoms with Crippen LogP contribution in [0.3, 0.4) is 0 Å². The van der Waals surface area contributed by atoms with Crippen molar-refractivity contribution in [2.24, 2.45) is 11.8 Å². The Morgan fingerprint density at radius 1 is 1.07 bits per heavy atom. The summed E-state index contributed by atoms with van der Waals surface area (Å²) in [5.41, 5.74) is 1.29. The third-order valence-corrected chi connectivity index (χ3v) is 7.07. The molecule has 0 unspecified atom stereocenters. The van der Waals surface area contributed by atoms with Gasteiger partial charge in [0.25, 0.3) is 0 Å². The Morgan fingerprint density at radius 2 is 1.89 bits per heavy atom. The van der Waals surface area contributed by atoms with Gasteiger partial charge < -0.3 is 9.64 Å². The highest BCUT2D eigenvalue weighted by atomic mass is 16.5. The van der Waals surface area contributed by atoms with Crippen LogP contribution >= 0.6 is 0 Å². The van der Waals surface area contributed by atoms with E-state index in [1.54, 1.807) is 0 Å². The Kier molecular flexibility index (Phi) is 6.56. The number of amides is 1. The molecule has 3 fully saturated rings. The van der Waals surface area contributed by atoms with Crippen LogP contribution in [0.1, 0.15) is 63.9 Å². The third kappa shape index (κ3) is 4.53. The number of ether oxygens (including phenoxy) is 1. The van der Waals surface area contributed by atoms with E-state index in [4.69, 9.17) is 4.74 Å². The number of likely N-dealkylation sites (tertiary alicyclic amines) is 2. The molecule has 1 amide bonds. The molecule has 1 aliphatic carbocycles. The molecule has 3 aliphatic rings. The first-order valence-electron chi connectivity index (χ1n) is 11.5. The Bertz CT molecular complexity index is 656. The summed E-state index contributed by atoms with van der Waals surface area (Å²) in [6, 6.07) is 8.90. The normalized spacial score (nSPS) is 26.9. The van der Waals surface area contributed by atoms with Gasteiger partial charge in [0, 0.05) is 44.2 Å². The molecule has 0 bridgehead atoms. The second-order valence-corrected chi connectivity index (χ2v) is 8.98. The van der Waals surface area contributed by atoms with Crippen LogP contribution in [0.25, 0.3) is 0 Å². The van der Waals surface area contributed by atoms with Crippen LogP contribution < -0.4 is 4.74 Å². The molecule has 4 rings (SSSR count). The van der Waals surface area contributed by atoms with E-state index in [1.807, 2.05) is 6.92 Å². The zero-order chi connectivity index (χ0) is 19.3. The smallest absolute Gasteiger partial charge is 0.222 e. The van der Waals surface area contributed by atoms with Crippen molar-refractivity contribution in [3.63, 3.8) is 0 Å². The SMILES string of the molecule is CCOc1ccccc1CN1CC[C@H]2[C@H](CCC(=O)N2CC2CCCCC2)C1. The summed E-state index contributed by atoms with van der Waals surface area (Å²) < 4.78 is 5.82. The molecule has 0 spiro atoms. The number of hydrogen-bond acceptors (Lipinski definition) is 3. The Labute approximate surface area is 170 Å². The second kappa shape index (κ2) is 9.30. The second-order valence-electron chi connectivity index (χ2n) is 8.98. The van der Waals surface area contributed by atoms with Gasteiger partial charge in [0.2, 0.25) is 5.91 Å². The molecule has 0 radical (unpaired) electrons. The molecule has 2 heterocycles. The van der Waals surface area contributed by atoms with Crippen molar-refractivity contribution in [3.05, 3.63) is 29.8 Å². The standard InChI is InChI=1S/C24H36N2O2/c1-2-28-23-11-7-6-10-21(23)18-25-15-14-22-20(17-25)12-13-24(27)26(22)16-19-8-4-3-5-9-19/h6-7,10-11,19-20,22H,2-5,8-9,12-18H2,1H3/t20-,22+/m1/s1. The van der Waals surface area contributed by atoms with Gasteiger partial charge in [-0.3, -0.25) is 9.69 Å². The van der Waals surface area contributed by atoms with E-state index in [1.165, 1.54) is 37.7 Å². The van der Waals surface area contributed by atoms with Gasteiger partial charge in [0.15, 0.2) is 0 Å². The number of benzene rings is 1. The zero-order valence-electron chi connectivity index (χ0n) is 17.4. The van der Waals surface area contributed by atoms with Gasteiger partial charge in [0.05, 0.1) is 6.61 Å². The average molecular weight is 385 g/mol. The number of carbonyl (C=O) groups excluding carboxylic acids is 1. The first kappa shape index (κ1) is 19.8. The van der Waals surface area contributed by atoms with Crippen molar-refractivity contribution < 1.29 is 9.53 Å². The van der Waals surface area contributed by atoms with Gasteiger partial charge >= 0.3 is 0 Å². The molecule has 1 aromatic carbocycles. The van der Waals surface area contributed by atoms with Gasteiger partial charge in [-0.05, 0) is 50.5 Å². The highest BCUT2D eigenvalue weighted by molar-refractivity contribution is 5.77. The maximum absolute atomic E-state index is 12.7. The predicted octanol–water partition coefficient (Wildman–Crippen LogP) is 4.48. The van der Waals surface area contributed by atoms with Gasteiger partial charge in [-0.15, -0.1) is 0 Å². The number of carbonyl (C=O) groups is 1. The molecule has 2 aliphatic heterocycles. The van der Waals surface area contributed by atoms with Crippen LogP contribution in [0, 0.1) is 11.8 Å². The van der Waals surface area contributed by atoms with Crippen LogP contribution in [0.2, 0.25) is 0 Å². The van der Waals surface area contributed by atoms with E-state index in [9.17, 15) is 4.79 Å². The van der Waals surface area contributed by atoms with E-state index in [0.717, 1.165) is 57.1 Å². The van der Waals surface area contributed by atoms with Crippen LogP contribution in [-0.4, -0.2) is 48.0 Å². The average Bonchev–Trinajstić information content (AvgIpc) is 2.73. The molecule has 1 aromatic rings. The summed E-state index contributed by atoms with van der Waals surface area (Å²) in [5.74, 6) is 2.81. The summed E-state index contributed by atoms with van der Waals surface area (Å²) in [6.07, 6.45) is 9.67. The Hall–Kier alpha value is -1.55. The van der Waals surface area contributed by atoms with E-state index in [2.05, 4.69) is 34.1 Å². The number of rotatable bonds is 6. The summed E-state index contributed by atoms with van der Waals surface area (Å²) in [7, 11) is 0. The zero-order valence-corrected chi connectivity index (χ0v) is 17.4. The number of nitrogens with zero attached hydrogens (tertiary/aromatic N) is 2. The van der Waals surface area contributed by atoms with Crippen molar-refractivity contribution in [2.45, 2.75) is 70.9 Å². The fourth-order valence-corrected chi connectivity index (χ4v) is 5.63. The lowest BCUT2D eigenvalue weighted by Crippen LogP contribution is -2.56. The Balaban J connectivity index is 1.38. The van der Waals surface area contributed by atoms with E-state index in [-0.39, 0.29) is 0 Å². The van der Waals surface area contributed by atoms with E-state index >= 15 is 0 Å². The first-order valence-corrected chi connectivity index (χ1v) is 11.5. The largest absolute Gasteiger partial charge is 0.494 e. The third-order valence-electron chi connectivity index (χ3n) is 7.07. The highest BCUT2D eigenvalue weighted by Gasteiger charge is 2.40. The van der Waals surface area contributed by atoms with E-state index in [0.29, 0.717) is 24.5 Å². The number of fused-ring (bicyclic) bond motifs is 1. The molecule has 2 saturated heterocycles. The van der Waals surface area contributed by atoms with Crippen molar-refractivity contribution in [2.75, 3.05) is 26.2 Å². The molecule has 154 valence electrons. The van der Waals surface area contributed by atoms with E-state index < -0.39 is 0 Å². The minimum atomic E-state index is 0.418. The molecule has 2 atom stereocenters. The number of piperidine rings is 2. The van der Waals surface area contributed by atoms with Gasteiger partial charge in [-0.1, -0.05) is 37.5 Å². The van der Waals surface area contributed by atoms with Gasteiger partial charge in [-0.25, -0.2) is 0 Å². The van der Waals surface area contributed by atoms with Crippen LogP contribution in [0.4, 0.5) is 0 Å². The topological polar surface area (TPSA) is 32.8 Å². The molecular formula is C24H36N2O2. The van der Waals surface area contributed by atoms with Crippen LogP contribution in [-0.2, 0) is 11.3 Å². The summed E-state index contributed by atoms with van der Waals surface area (Å²) in [5, 5.41) is 0. The lowest BCUT2D eigenvalue weighted by atomic mass is 9.81. The quantitative estimate of drug-likeness (QED) is 0.725. The van der Waals surface area contributed by atoms with Crippen molar-refractivity contribution in [3.8, 4) is 5.75 Å². The molecule has 28 heavy (non-hydrogen) atoms. The maximum Gasteiger partial charge on any atom is 0.222 e. The Morgan fingerprint density at radius 3 is 2.71 bits per heavy atom. The minimum Gasteiger partial charge on any atom is -0.494 e. The molecule has 4 nitrogen and oxygen atoms in total. The summed E-state index contributed by atoms with van der Waals surface area (Å²) >= 11 is 0. The molecule has 0 aromatic heterocycles. The minimum absolute atomic E-state index is 0.418. The number of para-hydroxylation sites is 1. The van der Waals surface area contributed by atoms with Gasteiger partial charge in [0.1, 0.15) is 5.75 Å². The van der Waals surface area contributed by atoms with Gasteiger partial charge in [-0.2, -0.15) is 0 Å². The molecule has 4 heteroatoms. The van der Waals surface area contributed by atoms with Crippen molar-refractivity contribution >= 4 is 5.91 Å². The lowest BCUT2D eigenvalue weighted by molar-refractivity contribution is -0.142. The van der Waals surface area contributed by atoms with Crippen LogP contribution in [0.15, 0.2) is 24.3 Å². The van der Waals surface area contributed by atoms with Crippen LogP contribution in [0.5, 0.6) is 5.75 Å². The fraction of sp³-hybridized carbons (Fsp3) is 0.708. The molecular weight excluding hydrogens is 348 g/mol. The summed E-state index contributed by atoms with van der Waals surface area (Å²) in [4.78, 5) is 17.6. The first-order chi connectivity index (χ1) is 13.7. The predicted molar refractivity (Wildman–Crippen MR) is 112 cm³/mol. The van der Waals surface area contributed by atoms with Crippen molar-refractivity contribution in [1.82, 2.24) is 9.80 Å². The molecule has 1 saturated carbocycles. The molecule has 0 N–H and O–H groups in total. The monoisotopic (exact) mass is 384 g/mol.